The Bertz CT molecular complexity index is 1700. The van der Waals surface area contributed by atoms with Gasteiger partial charge in [0.1, 0.15) is 11.5 Å². The summed E-state index contributed by atoms with van der Waals surface area (Å²) >= 11 is 0. The van der Waals surface area contributed by atoms with E-state index >= 15 is 0 Å². The Labute approximate surface area is 215 Å². The number of allylic oxidation sites excluding steroid dienone is 4. The molecular weight excluding hydrogens is 459 g/mol. The molecule has 0 atom stereocenters. The molecule has 2 heterocycles. The van der Waals surface area contributed by atoms with Crippen molar-refractivity contribution in [3.05, 3.63) is 108 Å². The zero-order valence-electron chi connectivity index (χ0n) is 20.9. The number of aromatic amines is 2. The lowest BCUT2D eigenvalue weighted by Crippen LogP contribution is -2.16. The standard InChI is InChI=1S/C32H29FN4/c1-3-34-19-21-14-20(2)10-11-22(15-21)23-12-13-30-28(17-23)32(37-36-30)31-18-27-26(8-5-9-29(27)35-31)24-6-4-7-25(33)16-24/h4-9,11-13,15-18,34-35H,2-3,10,14,19H2,1H3,(H,36,37). The van der Waals surface area contributed by atoms with Crippen LogP contribution in [0.5, 0.6) is 0 Å². The van der Waals surface area contributed by atoms with Gasteiger partial charge in [0.25, 0.3) is 0 Å². The molecule has 0 fully saturated rings. The van der Waals surface area contributed by atoms with Gasteiger partial charge < -0.3 is 10.3 Å². The van der Waals surface area contributed by atoms with Crippen molar-refractivity contribution in [2.75, 3.05) is 13.1 Å². The molecule has 2 aromatic heterocycles. The molecule has 5 aromatic rings. The van der Waals surface area contributed by atoms with Crippen molar-refractivity contribution in [3.63, 3.8) is 0 Å². The van der Waals surface area contributed by atoms with Gasteiger partial charge in [0.2, 0.25) is 0 Å². The fourth-order valence-electron chi connectivity index (χ4n) is 5.17. The van der Waals surface area contributed by atoms with Gasteiger partial charge >= 0.3 is 0 Å². The molecule has 0 bridgehead atoms. The number of hydrogen-bond donors (Lipinski definition) is 3. The van der Waals surface area contributed by atoms with Gasteiger partial charge in [0, 0.05) is 22.8 Å². The van der Waals surface area contributed by atoms with Crippen molar-refractivity contribution >= 4 is 27.4 Å². The summed E-state index contributed by atoms with van der Waals surface area (Å²) < 4.78 is 13.9. The molecule has 37 heavy (non-hydrogen) atoms. The van der Waals surface area contributed by atoms with Crippen LogP contribution in [0.3, 0.4) is 0 Å². The number of likely N-dealkylation sites (N-methyl/N-ethyl adjacent to an activating group) is 1. The molecule has 6 rings (SSSR count). The van der Waals surface area contributed by atoms with Gasteiger partial charge in [-0.05, 0) is 78.0 Å². The number of rotatable bonds is 6. The Morgan fingerprint density at radius 1 is 0.973 bits per heavy atom. The lowest BCUT2D eigenvalue weighted by atomic mass is 10.00. The number of hydrogen-bond acceptors (Lipinski definition) is 2. The Morgan fingerprint density at radius 2 is 1.86 bits per heavy atom. The maximum atomic E-state index is 13.9. The second kappa shape index (κ2) is 9.68. The van der Waals surface area contributed by atoms with Gasteiger partial charge in [0.15, 0.2) is 0 Å². The van der Waals surface area contributed by atoms with E-state index in [-0.39, 0.29) is 5.82 Å². The van der Waals surface area contributed by atoms with Crippen molar-refractivity contribution in [1.29, 1.82) is 0 Å². The van der Waals surface area contributed by atoms with Crippen LogP contribution >= 0.6 is 0 Å². The molecule has 0 saturated heterocycles. The van der Waals surface area contributed by atoms with Crippen LogP contribution < -0.4 is 5.32 Å². The average molecular weight is 489 g/mol. The summed E-state index contributed by atoms with van der Waals surface area (Å²) in [5.74, 6) is -0.241. The van der Waals surface area contributed by atoms with Crippen molar-refractivity contribution in [2.45, 2.75) is 19.8 Å². The highest BCUT2D eigenvalue weighted by atomic mass is 19.1. The fraction of sp³-hybridized carbons (Fsp3) is 0.156. The lowest BCUT2D eigenvalue weighted by Gasteiger charge is -2.08. The van der Waals surface area contributed by atoms with Crippen LogP contribution in [0.4, 0.5) is 4.39 Å². The molecule has 184 valence electrons. The van der Waals surface area contributed by atoms with Crippen LogP contribution in [0.15, 0.2) is 96.6 Å². The molecule has 0 spiro atoms. The molecule has 3 N–H and O–H groups in total. The molecule has 0 saturated carbocycles. The highest BCUT2D eigenvalue weighted by Gasteiger charge is 2.15. The lowest BCUT2D eigenvalue weighted by molar-refractivity contribution is 0.628. The monoisotopic (exact) mass is 488 g/mol. The second-order valence-electron chi connectivity index (χ2n) is 9.67. The van der Waals surface area contributed by atoms with Gasteiger partial charge in [-0.15, -0.1) is 0 Å². The molecule has 0 amide bonds. The Hall–Kier alpha value is -4.22. The number of nitrogens with one attached hydrogen (secondary N) is 3. The number of halogens is 1. The van der Waals surface area contributed by atoms with E-state index in [0.717, 1.165) is 75.8 Å². The van der Waals surface area contributed by atoms with E-state index in [4.69, 9.17) is 0 Å². The Morgan fingerprint density at radius 3 is 2.73 bits per heavy atom. The van der Waals surface area contributed by atoms with E-state index in [1.807, 2.05) is 24.3 Å². The molecule has 0 aliphatic heterocycles. The van der Waals surface area contributed by atoms with E-state index in [9.17, 15) is 4.39 Å². The third-order valence-corrected chi connectivity index (χ3v) is 7.00. The van der Waals surface area contributed by atoms with Crippen LogP contribution in [-0.4, -0.2) is 28.3 Å². The number of H-pyrrole nitrogens is 2. The van der Waals surface area contributed by atoms with Gasteiger partial charge in [-0.3, -0.25) is 5.10 Å². The molecule has 5 heteroatoms. The Balaban J connectivity index is 1.43. The summed E-state index contributed by atoms with van der Waals surface area (Å²) in [6.45, 7) is 8.20. The van der Waals surface area contributed by atoms with Gasteiger partial charge in [-0.2, -0.15) is 5.10 Å². The predicted molar refractivity (Wildman–Crippen MR) is 152 cm³/mol. The average Bonchev–Trinajstić information content (AvgIpc) is 3.47. The first kappa shape index (κ1) is 23.2. The highest BCUT2D eigenvalue weighted by Crippen LogP contribution is 2.35. The van der Waals surface area contributed by atoms with Gasteiger partial charge in [0.05, 0.1) is 11.2 Å². The van der Waals surface area contributed by atoms with Gasteiger partial charge in [-0.25, -0.2) is 4.39 Å². The largest absolute Gasteiger partial charge is 0.353 e. The summed E-state index contributed by atoms with van der Waals surface area (Å²) in [6.07, 6.45) is 6.38. The maximum absolute atomic E-state index is 13.9. The molecule has 3 aromatic carbocycles. The predicted octanol–water partition coefficient (Wildman–Crippen LogP) is 7.79. The minimum atomic E-state index is -0.241. The Kier molecular flexibility index (Phi) is 6.07. The summed E-state index contributed by atoms with van der Waals surface area (Å²) in [4.78, 5) is 3.54. The van der Waals surface area contributed by atoms with E-state index in [2.05, 4.69) is 70.4 Å². The summed E-state index contributed by atoms with van der Waals surface area (Å²) in [5, 5.41) is 13.4. The quantitative estimate of drug-likeness (QED) is 0.214. The normalized spacial score (nSPS) is 14.2. The minimum absolute atomic E-state index is 0.241. The van der Waals surface area contributed by atoms with Crippen LogP contribution in [0, 0.1) is 5.82 Å². The number of aromatic nitrogens is 3. The second-order valence-corrected chi connectivity index (χ2v) is 9.67. The van der Waals surface area contributed by atoms with E-state index in [0.29, 0.717) is 0 Å². The molecule has 0 radical (unpaired) electrons. The molecule has 1 aliphatic rings. The van der Waals surface area contributed by atoms with E-state index in [1.54, 1.807) is 12.1 Å². The molecule has 4 nitrogen and oxygen atoms in total. The zero-order valence-corrected chi connectivity index (χ0v) is 20.9. The van der Waals surface area contributed by atoms with Crippen LogP contribution in [0.1, 0.15) is 25.3 Å². The van der Waals surface area contributed by atoms with Crippen molar-refractivity contribution in [2.24, 2.45) is 0 Å². The zero-order chi connectivity index (χ0) is 25.4. The minimum Gasteiger partial charge on any atom is -0.353 e. The number of benzene rings is 3. The van der Waals surface area contributed by atoms with Crippen molar-refractivity contribution in [3.8, 4) is 22.5 Å². The van der Waals surface area contributed by atoms with Crippen molar-refractivity contribution < 1.29 is 4.39 Å². The molecule has 0 unspecified atom stereocenters. The highest BCUT2D eigenvalue weighted by molar-refractivity contribution is 6.01. The molecular formula is C32H29FN4. The van der Waals surface area contributed by atoms with E-state index in [1.165, 1.54) is 22.8 Å². The van der Waals surface area contributed by atoms with Crippen LogP contribution in [0.2, 0.25) is 0 Å². The van der Waals surface area contributed by atoms with Crippen molar-refractivity contribution in [1.82, 2.24) is 20.5 Å². The first-order valence-electron chi connectivity index (χ1n) is 12.7. The van der Waals surface area contributed by atoms with E-state index < -0.39 is 0 Å². The third-order valence-electron chi connectivity index (χ3n) is 7.00. The smallest absolute Gasteiger partial charge is 0.123 e. The maximum Gasteiger partial charge on any atom is 0.123 e. The molecule has 1 aliphatic carbocycles. The van der Waals surface area contributed by atoms with Gasteiger partial charge in [-0.1, -0.05) is 67.1 Å². The third kappa shape index (κ3) is 4.54. The number of nitrogens with zero attached hydrogens (tertiary/aromatic N) is 1. The SMILES string of the molecule is C=C1CC=C(c2ccc3[nH]nc(-c4cc5c(-c6cccc(F)c6)cccc5[nH]4)c3c2)C=C(CNCC)C1. The summed E-state index contributed by atoms with van der Waals surface area (Å²) in [7, 11) is 0. The van der Waals surface area contributed by atoms with Crippen LogP contribution in [-0.2, 0) is 0 Å². The topological polar surface area (TPSA) is 56.5 Å². The van der Waals surface area contributed by atoms with Crippen LogP contribution in [0.25, 0.3) is 49.9 Å². The summed E-state index contributed by atoms with van der Waals surface area (Å²) in [5.41, 5.74) is 10.6. The first-order chi connectivity index (χ1) is 18.1. The number of fused-ring (bicyclic) bond motifs is 2. The first-order valence-corrected chi connectivity index (χ1v) is 12.7. The summed E-state index contributed by atoms with van der Waals surface area (Å²) in [6, 6.07) is 21.4. The fourth-order valence-corrected chi connectivity index (χ4v) is 5.17.